The number of hydrogen-bond donors (Lipinski definition) is 0. The summed E-state index contributed by atoms with van der Waals surface area (Å²) < 4.78 is 28.1. The normalized spacial score (nSPS) is 11.6. The topological polar surface area (TPSA) is 43.6 Å². The summed E-state index contributed by atoms with van der Waals surface area (Å²) in [6.45, 7) is 1.78. The van der Waals surface area contributed by atoms with E-state index in [-0.39, 0.29) is 0 Å². The van der Waals surface area contributed by atoms with E-state index in [1.807, 2.05) is 0 Å². The first kappa shape index (κ1) is 19.3. The van der Waals surface area contributed by atoms with E-state index in [0.717, 1.165) is 19.0 Å². The molecule has 0 fully saturated rings. The highest BCUT2D eigenvalue weighted by Gasteiger charge is 2.13. The Kier molecular flexibility index (Phi) is 6.66. The fraction of sp³-hybridized carbons (Fsp3) is 0.353. The Morgan fingerprint density at radius 2 is 1.69 bits per heavy atom. The van der Waals surface area contributed by atoms with Crippen LogP contribution in [0.25, 0.3) is 0 Å². The van der Waals surface area contributed by atoms with E-state index in [2.05, 4.69) is 53.3 Å². The summed E-state index contributed by atoms with van der Waals surface area (Å²) in [4.78, 5) is 3.97. The maximum atomic E-state index is 12.8. The largest absolute Gasteiger partial charge is 0.319 e. The number of imidazole rings is 1. The molecule has 0 aliphatic carbocycles. The molecule has 0 saturated carbocycles. The molecule has 0 unspecified atom stereocenters. The summed E-state index contributed by atoms with van der Waals surface area (Å²) in [5, 5.41) is 8.30. The molecule has 3 aromatic rings. The second kappa shape index (κ2) is 8.96. The standard InChI is InChI=1S/C17H18F2N4S3/c1-11(2)13-5-3-12(4-6-13)9-24-16-21-22-17(26-16)25-10-14-20-7-8-23(14)15(18)19/h3-8,11,15H,9-10H2,1-2H3. The number of alkyl halides is 2. The molecule has 4 nitrogen and oxygen atoms in total. The van der Waals surface area contributed by atoms with Crippen LogP contribution in [0.2, 0.25) is 0 Å². The maximum absolute atomic E-state index is 12.8. The Bertz CT molecular complexity index is 831. The molecule has 9 heteroatoms. The van der Waals surface area contributed by atoms with Gasteiger partial charge >= 0.3 is 6.55 Å². The lowest BCUT2D eigenvalue weighted by Gasteiger charge is -2.06. The van der Waals surface area contributed by atoms with Gasteiger partial charge in [-0.3, -0.25) is 4.57 Å². The fourth-order valence-electron chi connectivity index (χ4n) is 2.22. The van der Waals surface area contributed by atoms with E-state index in [9.17, 15) is 8.78 Å². The predicted molar refractivity (Wildman–Crippen MR) is 103 cm³/mol. The molecule has 0 radical (unpaired) electrons. The quantitative estimate of drug-likeness (QED) is 0.435. The van der Waals surface area contributed by atoms with Crippen LogP contribution in [0.15, 0.2) is 45.3 Å². The number of hydrogen-bond acceptors (Lipinski definition) is 6. The number of aromatic nitrogens is 4. The number of thioether (sulfide) groups is 2. The van der Waals surface area contributed by atoms with Crippen LogP contribution < -0.4 is 0 Å². The van der Waals surface area contributed by atoms with Gasteiger partial charge in [0, 0.05) is 18.1 Å². The van der Waals surface area contributed by atoms with E-state index in [1.165, 1.54) is 46.6 Å². The zero-order chi connectivity index (χ0) is 18.5. The lowest BCUT2D eigenvalue weighted by Crippen LogP contribution is -2.01. The minimum Gasteiger partial charge on any atom is -0.277 e. The van der Waals surface area contributed by atoms with E-state index < -0.39 is 6.55 Å². The highest BCUT2D eigenvalue weighted by atomic mass is 32.2. The van der Waals surface area contributed by atoms with Crippen molar-refractivity contribution in [2.45, 2.75) is 46.5 Å². The Morgan fingerprint density at radius 3 is 2.31 bits per heavy atom. The van der Waals surface area contributed by atoms with Crippen LogP contribution in [0.1, 0.15) is 43.3 Å². The van der Waals surface area contributed by atoms with Gasteiger partial charge in [0.2, 0.25) is 0 Å². The lowest BCUT2D eigenvalue weighted by molar-refractivity contribution is 0.0678. The molecule has 0 amide bonds. The van der Waals surface area contributed by atoms with Crippen molar-refractivity contribution < 1.29 is 8.78 Å². The summed E-state index contributed by atoms with van der Waals surface area (Å²) in [7, 11) is 0. The first-order valence-electron chi connectivity index (χ1n) is 8.00. The van der Waals surface area contributed by atoms with Crippen molar-refractivity contribution in [2.75, 3.05) is 0 Å². The van der Waals surface area contributed by atoms with Gasteiger partial charge in [0.15, 0.2) is 8.68 Å². The summed E-state index contributed by atoms with van der Waals surface area (Å²) in [6, 6.07) is 8.60. The average molecular weight is 413 g/mol. The van der Waals surface area contributed by atoms with Gasteiger partial charge in [-0.1, -0.05) is 73.0 Å². The van der Waals surface area contributed by atoms with Crippen molar-refractivity contribution in [3.05, 3.63) is 53.6 Å². The lowest BCUT2D eigenvalue weighted by atomic mass is 10.0. The summed E-state index contributed by atoms with van der Waals surface area (Å²) in [5.74, 6) is 2.03. The van der Waals surface area contributed by atoms with Crippen molar-refractivity contribution in [3.8, 4) is 0 Å². The second-order valence-electron chi connectivity index (χ2n) is 5.84. The molecule has 0 N–H and O–H groups in total. The third kappa shape index (κ3) is 5.05. The minimum absolute atomic E-state index is 0.333. The van der Waals surface area contributed by atoms with Crippen LogP contribution >= 0.6 is 34.9 Å². The van der Waals surface area contributed by atoms with E-state index in [0.29, 0.717) is 17.5 Å². The molecule has 0 saturated heterocycles. The third-order valence-electron chi connectivity index (χ3n) is 3.68. The van der Waals surface area contributed by atoms with Crippen molar-refractivity contribution in [3.63, 3.8) is 0 Å². The molecule has 2 aromatic heterocycles. The van der Waals surface area contributed by atoms with Gasteiger partial charge < -0.3 is 0 Å². The molecule has 0 atom stereocenters. The van der Waals surface area contributed by atoms with Gasteiger partial charge in [-0.25, -0.2) is 4.98 Å². The van der Waals surface area contributed by atoms with Crippen molar-refractivity contribution in [2.24, 2.45) is 0 Å². The summed E-state index contributed by atoms with van der Waals surface area (Å²) >= 11 is 4.48. The summed E-state index contributed by atoms with van der Waals surface area (Å²) in [6.07, 6.45) is 2.67. The fourth-order valence-corrected chi connectivity index (χ4v) is 5.14. The Hall–Kier alpha value is -1.45. The monoisotopic (exact) mass is 412 g/mol. The molecule has 0 spiro atoms. The molecule has 1 aromatic carbocycles. The molecule has 3 rings (SSSR count). The molecule has 138 valence electrons. The van der Waals surface area contributed by atoms with Crippen LogP contribution in [0.4, 0.5) is 8.78 Å². The van der Waals surface area contributed by atoms with Gasteiger partial charge in [0.25, 0.3) is 0 Å². The van der Waals surface area contributed by atoms with Crippen LogP contribution in [-0.2, 0) is 11.5 Å². The number of benzene rings is 1. The molecule has 26 heavy (non-hydrogen) atoms. The Labute approximate surface area is 163 Å². The van der Waals surface area contributed by atoms with Crippen molar-refractivity contribution in [1.29, 1.82) is 0 Å². The third-order valence-corrected chi connectivity index (χ3v) is 6.94. The predicted octanol–water partition coefficient (Wildman–Crippen LogP) is 5.84. The van der Waals surface area contributed by atoms with Crippen LogP contribution in [0.3, 0.4) is 0 Å². The molecule has 0 aliphatic rings. The van der Waals surface area contributed by atoms with Crippen molar-refractivity contribution >= 4 is 34.9 Å². The van der Waals surface area contributed by atoms with Gasteiger partial charge in [0.1, 0.15) is 5.82 Å². The zero-order valence-electron chi connectivity index (χ0n) is 14.3. The van der Waals surface area contributed by atoms with Crippen molar-refractivity contribution in [1.82, 2.24) is 19.7 Å². The molecule has 0 aliphatic heterocycles. The Balaban J connectivity index is 1.52. The minimum atomic E-state index is -2.57. The smallest absolute Gasteiger partial charge is 0.277 e. The average Bonchev–Trinajstić information content (AvgIpc) is 3.27. The van der Waals surface area contributed by atoms with Crippen LogP contribution in [-0.4, -0.2) is 19.7 Å². The molecular weight excluding hydrogens is 394 g/mol. The van der Waals surface area contributed by atoms with Gasteiger partial charge in [-0.2, -0.15) is 8.78 Å². The highest BCUT2D eigenvalue weighted by Crippen LogP contribution is 2.32. The molecular formula is C17H18F2N4S3. The van der Waals surface area contributed by atoms with Crippen LogP contribution in [0.5, 0.6) is 0 Å². The maximum Gasteiger partial charge on any atom is 0.319 e. The van der Waals surface area contributed by atoms with E-state index in [1.54, 1.807) is 11.8 Å². The SMILES string of the molecule is CC(C)c1ccc(CSc2nnc(SCc3nccn3C(F)F)s2)cc1. The van der Waals surface area contributed by atoms with E-state index in [4.69, 9.17) is 0 Å². The molecule has 2 heterocycles. The van der Waals surface area contributed by atoms with Gasteiger partial charge in [-0.05, 0) is 17.0 Å². The highest BCUT2D eigenvalue weighted by molar-refractivity contribution is 8.02. The van der Waals surface area contributed by atoms with E-state index >= 15 is 0 Å². The first-order valence-corrected chi connectivity index (χ1v) is 10.8. The number of halogens is 2. The molecule has 0 bridgehead atoms. The second-order valence-corrected chi connectivity index (χ2v) is 9.26. The number of nitrogens with zero attached hydrogens (tertiary/aromatic N) is 4. The zero-order valence-corrected chi connectivity index (χ0v) is 16.8. The summed E-state index contributed by atoms with van der Waals surface area (Å²) in [5.41, 5.74) is 2.57. The first-order chi connectivity index (χ1) is 12.5. The van der Waals surface area contributed by atoms with Crippen LogP contribution in [0, 0.1) is 0 Å². The van der Waals surface area contributed by atoms with Gasteiger partial charge in [-0.15, -0.1) is 10.2 Å². The van der Waals surface area contributed by atoms with Gasteiger partial charge in [0.05, 0.1) is 5.75 Å². The number of rotatable bonds is 8. The Morgan fingerprint density at radius 1 is 1.04 bits per heavy atom.